The van der Waals surface area contributed by atoms with Crippen LogP contribution in [0.25, 0.3) is 0 Å². The normalized spacial score (nSPS) is 28.1. The van der Waals surface area contributed by atoms with Crippen molar-refractivity contribution in [3.63, 3.8) is 0 Å². The number of aliphatic hydroxyl groups is 7. The second kappa shape index (κ2) is 35.2. The van der Waals surface area contributed by atoms with Gasteiger partial charge in [-0.15, -0.1) is 0 Å². The zero-order chi connectivity index (χ0) is 50.5. The highest BCUT2D eigenvalue weighted by Gasteiger charge is 2.56. The van der Waals surface area contributed by atoms with E-state index in [1.807, 2.05) is 0 Å². The number of carbonyl (C=O) groups excluding carboxylic acids is 2. The molecule has 1 aliphatic heterocycles. The van der Waals surface area contributed by atoms with Gasteiger partial charge in [-0.25, -0.2) is 4.57 Å². The topological polar surface area (TPSA) is 341 Å². The van der Waals surface area contributed by atoms with Crippen molar-refractivity contribution in [2.75, 3.05) is 26.4 Å². The lowest BCUT2D eigenvalue weighted by Crippen LogP contribution is -2.68. The van der Waals surface area contributed by atoms with Crippen LogP contribution >= 0.6 is 7.82 Å². The Hall–Kier alpha value is -1.92. The summed E-state index contributed by atoms with van der Waals surface area (Å²) in [5, 5.41) is 83.1. The molecule has 400 valence electrons. The molecule has 1 saturated heterocycles. The van der Waals surface area contributed by atoms with Gasteiger partial charge in [0, 0.05) is 12.8 Å². The molecule has 2 rings (SSSR count). The second-order valence-electron chi connectivity index (χ2n) is 18.2. The summed E-state index contributed by atoms with van der Waals surface area (Å²) >= 11 is 0. The third-order valence-electron chi connectivity index (χ3n) is 12.3. The Kier molecular flexibility index (Phi) is 32.2. The van der Waals surface area contributed by atoms with Crippen LogP contribution in [0.15, 0.2) is 0 Å². The summed E-state index contributed by atoms with van der Waals surface area (Å²) in [5.41, 5.74) is 5.57. The smallest absolute Gasteiger partial charge is 0.472 e. The maximum absolute atomic E-state index is 13.7. The van der Waals surface area contributed by atoms with Gasteiger partial charge in [0.2, 0.25) is 0 Å². The lowest BCUT2D eigenvalue weighted by atomic mass is 9.84. The fraction of sp³-hybridized carbons (Fsp3) is 0.935. The third-order valence-corrected chi connectivity index (χ3v) is 13.3. The van der Waals surface area contributed by atoms with Gasteiger partial charge in [0.1, 0.15) is 73.7 Å². The largest absolute Gasteiger partial charge is 0.480 e. The van der Waals surface area contributed by atoms with Crippen molar-refractivity contribution in [2.45, 2.75) is 247 Å². The maximum atomic E-state index is 13.7. The quantitative estimate of drug-likeness (QED) is 0.0239. The van der Waals surface area contributed by atoms with E-state index in [9.17, 15) is 64.7 Å². The van der Waals surface area contributed by atoms with Gasteiger partial charge in [0.25, 0.3) is 0 Å². The lowest BCUT2D eigenvalue weighted by molar-refractivity contribution is -0.339. The first-order chi connectivity index (χ1) is 32.5. The number of phosphoric ester groups is 1. The predicted molar refractivity (Wildman–Crippen MR) is 246 cm³/mol. The van der Waals surface area contributed by atoms with Crippen LogP contribution in [0.1, 0.15) is 168 Å². The Balaban J connectivity index is 2.16. The van der Waals surface area contributed by atoms with Crippen LogP contribution in [0.5, 0.6) is 0 Å². The van der Waals surface area contributed by atoms with E-state index in [2.05, 4.69) is 13.8 Å². The molecular weight excluding hydrogens is 917 g/mol. The predicted octanol–water partition coefficient (Wildman–Crippen LogP) is 3.42. The van der Waals surface area contributed by atoms with Gasteiger partial charge in [0.15, 0.2) is 12.4 Å². The number of carbonyl (C=O) groups is 3. The van der Waals surface area contributed by atoms with Crippen LogP contribution in [0.3, 0.4) is 0 Å². The molecule has 0 radical (unpaired) electrons. The molecule has 68 heavy (non-hydrogen) atoms. The number of esters is 2. The molecule has 11 N–H and O–H groups in total. The molecule has 1 saturated carbocycles. The summed E-state index contributed by atoms with van der Waals surface area (Å²) in [6.07, 6.45) is -0.233. The fourth-order valence-electron chi connectivity index (χ4n) is 8.11. The molecule has 0 aromatic heterocycles. The zero-order valence-corrected chi connectivity index (χ0v) is 41.2. The van der Waals surface area contributed by atoms with Crippen molar-refractivity contribution in [1.82, 2.24) is 0 Å². The molecule has 2 fully saturated rings. The van der Waals surface area contributed by atoms with Crippen LogP contribution in [-0.4, -0.2) is 170 Å². The monoisotopic (exact) mass is 1000 g/mol. The first kappa shape index (κ1) is 62.2. The Bertz CT molecular complexity index is 1410. The number of aliphatic hydroxyl groups excluding tert-OH is 7. The summed E-state index contributed by atoms with van der Waals surface area (Å²) in [5.74, 6) is -2.83. The minimum Gasteiger partial charge on any atom is -0.480 e. The third kappa shape index (κ3) is 24.0. The summed E-state index contributed by atoms with van der Waals surface area (Å²) in [6.45, 7) is 1.14. The number of phosphoric acid groups is 1. The molecule has 14 atom stereocenters. The van der Waals surface area contributed by atoms with Crippen molar-refractivity contribution >= 4 is 25.7 Å². The number of hydrogen-bond acceptors (Lipinski definition) is 19. The Morgan fingerprint density at radius 2 is 1.04 bits per heavy atom. The van der Waals surface area contributed by atoms with Gasteiger partial charge in [0.05, 0.1) is 19.8 Å². The van der Waals surface area contributed by atoms with E-state index in [1.54, 1.807) is 0 Å². The fourth-order valence-corrected chi connectivity index (χ4v) is 9.07. The van der Waals surface area contributed by atoms with E-state index in [0.717, 1.165) is 57.8 Å². The van der Waals surface area contributed by atoms with Gasteiger partial charge in [-0.2, -0.15) is 0 Å². The molecule has 1 heterocycles. The average Bonchev–Trinajstić information content (AvgIpc) is 3.30. The van der Waals surface area contributed by atoms with Crippen LogP contribution in [-0.2, 0) is 51.7 Å². The molecule has 22 heteroatoms. The molecule has 21 nitrogen and oxygen atoms in total. The van der Waals surface area contributed by atoms with Crippen molar-refractivity contribution in [1.29, 1.82) is 0 Å². The van der Waals surface area contributed by atoms with Gasteiger partial charge < -0.3 is 75.2 Å². The molecule has 1 unspecified atom stereocenters. The molecule has 0 bridgehead atoms. The van der Waals surface area contributed by atoms with Crippen LogP contribution in [0, 0.1) is 0 Å². The number of aliphatic carboxylic acids is 1. The van der Waals surface area contributed by atoms with E-state index < -0.39 is 132 Å². The van der Waals surface area contributed by atoms with Crippen LogP contribution < -0.4 is 5.73 Å². The number of carboxylic acids is 1. The lowest BCUT2D eigenvalue weighted by Gasteiger charge is -2.48. The summed E-state index contributed by atoms with van der Waals surface area (Å²) < 4.78 is 51.7. The number of rotatable bonds is 39. The highest BCUT2D eigenvalue weighted by Crippen LogP contribution is 2.48. The number of carboxylic acid groups (broad SMARTS) is 1. The highest BCUT2D eigenvalue weighted by molar-refractivity contribution is 7.47. The second-order valence-corrected chi connectivity index (χ2v) is 19.6. The molecule has 0 aromatic carbocycles. The van der Waals surface area contributed by atoms with E-state index in [1.165, 1.54) is 70.6 Å². The average molecular weight is 1000 g/mol. The SMILES string of the molecule is CCCCCCCCCCCCCC(=O)OC[C@H](COP(=O)(O)O[C@@H]1[C@H](O[C@H]2O[C@H](CO)[C@@H](O)[C@H](O)[C@@H]2O)[C@H](O)[C@@H](O)[C@H](O)[C@H]1OC[C@H](N)C(=O)O)OC(=O)CCCCCCCCCCCCC. The number of hydrogen-bond donors (Lipinski definition) is 10. The van der Waals surface area contributed by atoms with Gasteiger partial charge in [-0.05, 0) is 12.8 Å². The van der Waals surface area contributed by atoms with Crippen molar-refractivity contribution in [3.05, 3.63) is 0 Å². The van der Waals surface area contributed by atoms with Crippen molar-refractivity contribution in [2.24, 2.45) is 5.73 Å². The Morgan fingerprint density at radius 3 is 1.53 bits per heavy atom. The molecule has 0 spiro atoms. The highest BCUT2D eigenvalue weighted by atomic mass is 31.2. The first-order valence-corrected chi connectivity index (χ1v) is 26.6. The molecule has 2 aliphatic rings. The summed E-state index contributed by atoms with van der Waals surface area (Å²) in [7, 11) is -5.49. The minimum absolute atomic E-state index is 0.00212. The van der Waals surface area contributed by atoms with Crippen molar-refractivity contribution in [3.8, 4) is 0 Å². The molecule has 0 amide bonds. The van der Waals surface area contributed by atoms with E-state index in [4.69, 9.17) is 38.5 Å². The number of nitrogens with two attached hydrogens (primary N) is 1. The van der Waals surface area contributed by atoms with Gasteiger partial charge in [-0.3, -0.25) is 23.4 Å². The van der Waals surface area contributed by atoms with Gasteiger partial charge >= 0.3 is 25.7 Å². The summed E-state index contributed by atoms with van der Waals surface area (Å²) in [4.78, 5) is 48.4. The number of ether oxygens (including phenoxy) is 5. The zero-order valence-electron chi connectivity index (χ0n) is 40.3. The van der Waals surface area contributed by atoms with Crippen LogP contribution in [0.4, 0.5) is 0 Å². The molecule has 1 aliphatic carbocycles. The molecule has 0 aromatic rings. The van der Waals surface area contributed by atoms with E-state index >= 15 is 0 Å². The number of unbranched alkanes of at least 4 members (excludes halogenated alkanes) is 20. The van der Waals surface area contributed by atoms with E-state index in [0.29, 0.717) is 12.8 Å². The minimum atomic E-state index is -5.49. The maximum Gasteiger partial charge on any atom is 0.472 e. The summed E-state index contributed by atoms with van der Waals surface area (Å²) in [6, 6.07) is -1.73. The van der Waals surface area contributed by atoms with E-state index in [-0.39, 0.29) is 12.8 Å². The Morgan fingerprint density at radius 1 is 0.588 bits per heavy atom. The van der Waals surface area contributed by atoms with Crippen molar-refractivity contribution < 1.29 is 97.4 Å². The Labute approximate surface area is 401 Å². The standard InChI is InChI=1S/C46H86NO20P/c1-3-5-7-9-11-13-15-17-19-21-23-25-34(49)61-28-31(64-35(50)26-24-22-20-18-16-14-12-10-8-6-4-2)29-63-68(59,60)67-44-42(62-30-32(47)45(57)58)39(54)38(53)40(55)43(44)66-46-41(56)37(52)36(51)33(27-48)65-46/h31-33,36-44,46,48,51-56H,3-30,47H2,1-2H3,(H,57,58)(H,59,60)/t31-,32+,33-,36-,37+,38+,39+,40-,41+,42-,43-,44+,46-/m1/s1. The molecular formula is C46H86NO20P. The van der Waals surface area contributed by atoms with Gasteiger partial charge in [-0.1, -0.05) is 142 Å². The van der Waals surface area contributed by atoms with Crippen LogP contribution in [0.2, 0.25) is 0 Å². The first-order valence-electron chi connectivity index (χ1n) is 25.1.